The minimum absolute atomic E-state index is 0.243. The van der Waals surface area contributed by atoms with Gasteiger partial charge in [0.05, 0.1) is 13.2 Å². The summed E-state index contributed by atoms with van der Waals surface area (Å²) < 4.78 is 10.6. The highest BCUT2D eigenvalue weighted by Gasteiger charge is 2.17. The molecule has 26 heavy (non-hydrogen) atoms. The molecule has 138 valence electrons. The van der Waals surface area contributed by atoms with Gasteiger partial charge >= 0.3 is 0 Å². The molecule has 1 aromatic heterocycles. The van der Waals surface area contributed by atoms with Crippen molar-refractivity contribution in [3.63, 3.8) is 0 Å². The largest absolute Gasteiger partial charge is 0.484 e. The second-order valence-corrected chi connectivity index (χ2v) is 6.64. The lowest BCUT2D eigenvalue weighted by Gasteiger charge is -2.25. The highest BCUT2D eigenvalue weighted by atomic mass is 35.5. The molecular formula is C16H17ClN4O4S. The molecule has 10 heteroatoms. The lowest BCUT2D eigenvalue weighted by molar-refractivity contribution is -0.123. The van der Waals surface area contributed by atoms with Crippen LogP contribution in [0, 0.1) is 0 Å². The third-order valence-electron chi connectivity index (χ3n) is 3.49. The summed E-state index contributed by atoms with van der Waals surface area (Å²) in [6.07, 6.45) is 0. The topological polar surface area (TPSA) is 92.8 Å². The van der Waals surface area contributed by atoms with Gasteiger partial charge in [-0.3, -0.25) is 20.4 Å². The molecule has 8 nitrogen and oxygen atoms in total. The maximum Gasteiger partial charge on any atom is 0.289 e. The highest BCUT2D eigenvalue weighted by Crippen LogP contribution is 2.21. The van der Waals surface area contributed by atoms with Crippen LogP contribution in [-0.2, 0) is 9.53 Å². The van der Waals surface area contributed by atoms with Gasteiger partial charge in [0.15, 0.2) is 11.7 Å². The summed E-state index contributed by atoms with van der Waals surface area (Å²) in [6.45, 7) is 2.52. The first kappa shape index (κ1) is 18.4. The van der Waals surface area contributed by atoms with Crippen LogP contribution in [0.1, 0.15) is 10.5 Å². The number of halogens is 1. The Balaban J connectivity index is 1.44. The first-order valence-electron chi connectivity index (χ1n) is 7.87. The number of amides is 2. The number of nitrogens with zero attached hydrogens (tertiary/aromatic N) is 2. The third-order valence-corrected chi connectivity index (χ3v) is 4.62. The van der Waals surface area contributed by atoms with E-state index in [0.717, 1.165) is 18.2 Å². The number of thiazole rings is 1. The monoisotopic (exact) mass is 396 g/mol. The standard InChI is InChI=1S/C16H17ClN4O4S/c17-11-2-1-3-12(8-11)25-9-14(22)19-20-15(23)13-10-26-16(18-13)21-4-6-24-7-5-21/h1-3,8,10H,4-7,9H2,(H,19,22)(H,20,23). The van der Waals surface area contributed by atoms with E-state index in [2.05, 4.69) is 20.7 Å². The zero-order valence-corrected chi connectivity index (χ0v) is 15.3. The van der Waals surface area contributed by atoms with Crippen molar-refractivity contribution in [1.29, 1.82) is 0 Å². The Labute approximate surface area is 159 Å². The number of carbonyl (C=O) groups excluding carboxylic acids is 2. The number of hydrazine groups is 1. The number of anilines is 1. The molecule has 0 spiro atoms. The van der Waals surface area contributed by atoms with Crippen molar-refractivity contribution in [1.82, 2.24) is 15.8 Å². The summed E-state index contributed by atoms with van der Waals surface area (Å²) >= 11 is 7.21. The van der Waals surface area contributed by atoms with Crippen LogP contribution in [0.25, 0.3) is 0 Å². The molecule has 1 fully saturated rings. The van der Waals surface area contributed by atoms with Crippen LogP contribution in [0.4, 0.5) is 5.13 Å². The van der Waals surface area contributed by atoms with E-state index in [4.69, 9.17) is 21.1 Å². The summed E-state index contributed by atoms with van der Waals surface area (Å²) in [5, 5.41) is 2.92. The van der Waals surface area contributed by atoms with E-state index in [1.807, 2.05) is 0 Å². The fraction of sp³-hybridized carbons (Fsp3) is 0.312. The average molecular weight is 397 g/mol. The minimum atomic E-state index is -0.498. The van der Waals surface area contributed by atoms with Crippen molar-refractivity contribution in [3.8, 4) is 5.75 Å². The van der Waals surface area contributed by atoms with Gasteiger partial charge in [0.2, 0.25) is 0 Å². The van der Waals surface area contributed by atoms with Crippen LogP contribution >= 0.6 is 22.9 Å². The van der Waals surface area contributed by atoms with Gasteiger partial charge in [0, 0.05) is 23.5 Å². The number of hydrogen-bond donors (Lipinski definition) is 2. The molecule has 0 unspecified atom stereocenters. The fourth-order valence-corrected chi connectivity index (χ4v) is 3.24. The van der Waals surface area contributed by atoms with Crippen LogP contribution in [-0.4, -0.2) is 49.7 Å². The molecule has 0 saturated carbocycles. The third kappa shape index (κ3) is 5.07. The molecule has 0 atom stereocenters. The zero-order chi connectivity index (χ0) is 18.4. The number of rotatable bonds is 5. The molecule has 2 N–H and O–H groups in total. The van der Waals surface area contributed by atoms with Gasteiger partial charge in [0.25, 0.3) is 11.8 Å². The van der Waals surface area contributed by atoms with Gasteiger partial charge < -0.3 is 14.4 Å². The molecule has 2 amide bonds. The van der Waals surface area contributed by atoms with Gasteiger partial charge in [-0.2, -0.15) is 0 Å². The summed E-state index contributed by atoms with van der Waals surface area (Å²) in [4.78, 5) is 30.2. The molecule has 0 radical (unpaired) electrons. The van der Waals surface area contributed by atoms with E-state index in [0.29, 0.717) is 24.0 Å². The molecule has 3 rings (SSSR count). The van der Waals surface area contributed by atoms with Crippen molar-refractivity contribution < 1.29 is 19.1 Å². The quantitative estimate of drug-likeness (QED) is 0.743. The Hall–Kier alpha value is -2.36. The fourth-order valence-electron chi connectivity index (χ4n) is 2.20. The molecule has 1 saturated heterocycles. The Morgan fingerprint density at radius 3 is 2.88 bits per heavy atom. The van der Waals surface area contributed by atoms with Crippen molar-refractivity contribution in [2.45, 2.75) is 0 Å². The molecular weight excluding hydrogens is 380 g/mol. The Bertz CT molecular complexity index is 779. The van der Waals surface area contributed by atoms with Gasteiger partial charge in [0.1, 0.15) is 11.4 Å². The lowest BCUT2D eigenvalue weighted by Crippen LogP contribution is -2.44. The smallest absolute Gasteiger partial charge is 0.289 e. The number of nitrogens with one attached hydrogen (secondary N) is 2. The molecule has 1 aromatic carbocycles. The molecule has 0 bridgehead atoms. The van der Waals surface area contributed by atoms with Crippen molar-refractivity contribution in [2.75, 3.05) is 37.8 Å². The SMILES string of the molecule is O=C(COc1cccc(Cl)c1)NNC(=O)c1csc(N2CCOCC2)n1. The second kappa shape index (κ2) is 8.84. The van der Waals surface area contributed by atoms with Crippen LogP contribution in [0.2, 0.25) is 5.02 Å². The summed E-state index contributed by atoms with van der Waals surface area (Å²) in [5.41, 5.74) is 4.85. The van der Waals surface area contributed by atoms with Crippen LogP contribution in [0.15, 0.2) is 29.6 Å². The number of morpholine rings is 1. The Morgan fingerprint density at radius 2 is 2.12 bits per heavy atom. The molecule has 2 heterocycles. The van der Waals surface area contributed by atoms with E-state index in [1.54, 1.807) is 29.6 Å². The minimum Gasteiger partial charge on any atom is -0.484 e. The number of hydrogen-bond acceptors (Lipinski definition) is 7. The maximum atomic E-state index is 12.1. The van der Waals surface area contributed by atoms with Gasteiger partial charge in [-0.1, -0.05) is 17.7 Å². The molecule has 0 aliphatic carbocycles. The van der Waals surface area contributed by atoms with E-state index in [-0.39, 0.29) is 12.3 Å². The molecule has 1 aliphatic rings. The van der Waals surface area contributed by atoms with Crippen molar-refractivity contribution >= 4 is 39.9 Å². The first-order valence-corrected chi connectivity index (χ1v) is 9.13. The zero-order valence-electron chi connectivity index (χ0n) is 13.7. The number of benzene rings is 1. The van der Waals surface area contributed by atoms with E-state index in [1.165, 1.54) is 11.3 Å². The highest BCUT2D eigenvalue weighted by molar-refractivity contribution is 7.13. The predicted octanol–water partition coefficient (Wildman–Crippen LogP) is 1.47. The van der Waals surface area contributed by atoms with Gasteiger partial charge in [-0.25, -0.2) is 4.98 Å². The maximum absolute atomic E-state index is 12.1. The Morgan fingerprint density at radius 1 is 1.31 bits per heavy atom. The van der Waals surface area contributed by atoms with Crippen LogP contribution < -0.4 is 20.5 Å². The molecule has 2 aromatic rings. The van der Waals surface area contributed by atoms with E-state index in [9.17, 15) is 9.59 Å². The first-order chi connectivity index (χ1) is 12.6. The average Bonchev–Trinajstić information content (AvgIpc) is 3.15. The van der Waals surface area contributed by atoms with Gasteiger partial charge in [-0.05, 0) is 18.2 Å². The summed E-state index contributed by atoms with van der Waals surface area (Å²) in [5.74, 6) is -0.521. The van der Waals surface area contributed by atoms with Crippen LogP contribution in [0.5, 0.6) is 5.75 Å². The number of aromatic nitrogens is 1. The van der Waals surface area contributed by atoms with Crippen LogP contribution in [0.3, 0.4) is 0 Å². The van der Waals surface area contributed by atoms with Gasteiger partial charge in [-0.15, -0.1) is 11.3 Å². The molecule has 1 aliphatic heterocycles. The normalized spacial score (nSPS) is 14.0. The Kier molecular flexibility index (Phi) is 6.26. The second-order valence-electron chi connectivity index (χ2n) is 5.36. The number of ether oxygens (including phenoxy) is 2. The number of carbonyl (C=O) groups is 2. The van der Waals surface area contributed by atoms with E-state index >= 15 is 0 Å². The van der Waals surface area contributed by atoms with Crippen molar-refractivity contribution in [3.05, 3.63) is 40.4 Å². The summed E-state index contributed by atoms with van der Waals surface area (Å²) in [6, 6.07) is 6.69. The lowest BCUT2D eigenvalue weighted by atomic mass is 10.3. The predicted molar refractivity (Wildman–Crippen MR) is 97.7 cm³/mol. The van der Waals surface area contributed by atoms with Crippen molar-refractivity contribution in [2.24, 2.45) is 0 Å². The summed E-state index contributed by atoms with van der Waals surface area (Å²) in [7, 11) is 0. The van der Waals surface area contributed by atoms with E-state index < -0.39 is 11.8 Å².